The lowest BCUT2D eigenvalue weighted by Crippen LogP contribution is -2.15. The molecule has 0 aliphatic rings. The molecule has 2 aromatic rings. The molecule has 0 radical (unpaired) electrons. The first-order valence-electron chi connectivity index (χ1n) is 13.7. The van der Waals surface area contributed by atoms with Crippen LogP contribution in [0, 0.1) is 11.8 Å². The van der Waals surface area contributed by atoms with Gasteiger partial charge in [0.2, 0.25) is 0 Å². The summed E-state index contributed by atoms with van der Waals surface area (Å²) in [6.07, 6.45) is 2.32. The molecule has 0 spiro atoms. The second-order valence-electron chi connectivity index (χ2n) is 11.8. The summed E-state index contributed by atoms with van der Waals surface area (Å²) in [6.45, 7) is 27.2. The molecule has 0 fully saturated rings. The molecule has 0 bridgehead atoms. The minimum Gasteiger partial charge on any atom is -0.358 e. The average Bonchev–Trinajstić information content (AvgIpc) is 2.77. The SMILES string of the molecule is CC(C)C(/C=C(\Nc1c(C(C)C)cccc1C(C)C)C(C)C)=Nc1c(C(C)C)cccc1C(C)C. The highest BCUT2D eigenvalue weighted by molar-refractivity contribution is 5.99. The van der Waals surface area contributed by atoms with E-state index in [1.54, 1.807) is 0 Å². The Morgan fingerprint density at radius 3 is 1.34 bits per heavy atom. The highest BCUT2D eigenvalue weighted by Crippen LogP contribution is 2.37. The van der Waals surface area contributed by atoms with Crippen molar-refractivity contribution in [3.05, 3.63) is 70.4 Å². The van der Waals surface area contributed by atoms with E-state index in [0.717, 1.165) is 11.4 Å². The van der Waals surface area contributed by atoms with E-state index in [0.29, 0.717) is 35.5 Å². The number of nitrogens with zero attached hydrogens (tertiary/aromatic N) is 1. The molecule has 0 saturated carbocycles. The molecule has 2 rings (SSSR count). The third-order valence-electron chi connectivity index (χ3n) is 6.74. The third kappa shape index (κ3) is 7.32. The maximum atomic E-state index is 5.38. The molecule has 0 aliphatic carbocycles. The van der Waals surface area contributed by atoms with E-state index in [1.807, 2.05) is 0 Å². The number of allylic oxidation sites excluding steroid dienone is 2. The summed E-state index contributed by atoms with van der Waals surface area (Å²) in [5.74, 6) is 2.43. The Bertz CT molecular complexity index is 981. The van der Waals surface area contributed by atoms with E-state index in [2.05, 4.69) is 131 Å². The summed E-state index contributed by atoms with van der Waals surface area (Å²) >= 11 is 0. The normalized spacial score (nSPS) is 13.3. The quantitative estimate of drug-likeness (QED) is 0.340. The smallest absolute Gasteiger partial charge is 0.0702 e. The summed E-state index contributed by atoms with van der Waals surface area (Å²) in [6, 6.07) is 13.4. The Labute approximate surface area is 216 Å². The Morgan fingerprint density at radius 2 is 1.00 bits per heavy atom. The first kappa shape index (κ1) is 28.9. The van der Waals surface area contributed by atoms with Gasteiger partial charge >= 0.3 is 0 Å². The standard InChI is InChI=1S/C33H50N2/c1-20(2)26-15-13-16-27(21(3)4)32(26)34-30(24(9)10)19-31(25(11)12)35-33-28(22(5)6)17-14-18-29(33)23(7)8/h13-25,34H,1-12H3/b30-19-,35-31?. The Hall–Kier alpha value is -2.35. The van der Waals surface area contributed by atoms with Crippen LogP contribution in [0.4, 0.5) is 11.4 Å². The largest absolute Gasteiger partial charge is 0.358 e. The number of hydrogen-bond acceptors (Lipinski definition) is 2. The van der Waals surface area contributed by atoms with Gasteiger partial charge in [0.15, 0.2) is 0 Å². The van der Waals surface area contributed by atoms with Crippen LogP contribution in [0.1, 0.15) is 129 Å². The number of nitrogens with one attached hydrogen (secondary N) is 1. The van der Waals surface area contributed by atoms with Gasteiger partial charge in [-0.1, -0.05) is 119 Å². The zero-order valence-electron chi connectivity index (χ0n) is 24.5. The molecule has 0 unspecified atom stereocenters. The monoisotopic (exact) mass is 474 g/mol. The van der Waals surface area contributed by atoms with Crippen molar-refractivity contribution in [1.29, 1.82) is 0 Å². The van der Waals surface area contributed by atoms with E-state index in [4.69, 9.17) is 4.99 Å². The van der Waals surface area contributed by atoms with Crippen LogP contribution in [0.2, 0.25) is 0 Å². The van der Waals surface area contributed by atoms with Gasteiger partial charge in [-0.3, -0.25) is 4.99 Å². The summed E-state index contributed by atoms with van der Waals surface area (Å²) in [7, 11) is 0. The summed E-state index contributed by atoms with van der Waals surface area (Å²) in [5, 5.41) is 3.90. The van der Waals surface area contributed by atoms with E-state index in [-0.39, 0.29) is 0 Å². The molecule has 2 heteroatoms. The van der Waals surface area contributed by atoms with Gasteiger partial charge in [-0.25, -0.2) is 0 Å². The topological polar surface area (TPSA) is 24.4 Å². The van der Waals surface area contributed by atoms with Gasteiger partial charge in [-0.15, -0.1) is 0 Å². The summed E-state index contributed by atoms with van der Waals surface area (Å²) in [5.41, 5.74) is 10.2. The van der Waals surface area contributed by atoms with E-state index >= 15 is 0 Å². The first-order valence-corrected chi connectivity index (χ1v) is 13.7. The van der Waals surface area contributed by atoms with Crippen molar-refractivity contribution in [3.63, 3.8) is 0 Å². The minimum absolute atomic E-state index is 0.315. The highest BCUT2D eigenvalue weighted by atomic mass is 14.9. The first-order chi connectivity index (χ1) is 16.3. The molecule has 0 heterocycles. The average molecular weight is 475 g/mol. The van der Waals surface area contributed by atoms with Crippen LogP contribution < -0.4 is 5.32 Å². The molecule has 1 N–H and O–H groups in total. The molecule has 192 valence electrons. The van der Waals surface area contributed by atoms with Crippen molar-refractivity contribution in [2.45, 2.75) is 107 Å². The molecule has 2 aromatic carbocycles. The van der Waals surface area contributed by atoms with Crippen molar-refractivity contribution < 1.29 is 0 Å². The summed E-state index contributed by atoms with van der Waals surface area (Å²) in [4.78, 5) is 5.38. The van der Waals surface area contributed by atoms with Crippen molar-refractivity contribution >= 4 is 17.1 Å². The van der Waals surface area contributed by atoms with Crippen molar-refractivity contribution in [2.75, 3.05) is 5.32 Å². The number of benzene rings is 2. The number of aliphatic imine (C=N–C) groups is 1. The fourth-order valence-electron chi connectivity index (χ4n) is 4.44. The van der Waals surface area contributed by atoms with Gasteiger partial charge in [0, 0.05) is 17.1 Å². The lowest BCUT2D eigenvalue weighted by atomic mass is 9.91. The van der Waals surface area contributed by atoms with Gasteiger partial charge in [-0.05, 0) is 63.8 Å². The number of para-hydroxylation sites is 2. The predicted octanol–water partition coefficient (Wildman–Crippen LogP) is 10.6. The number of rotatable bonds is 10. The summed E-state index contributed by atoms with van der Waals surface area (Å²) < 4.78 is 0. The maximum Gasteiger partial charge on any atom is 0.0702 e. The third-order valence-corrected chi connectivity index (χ3v) is 6.74. The molecule has 0 amide bonds. The number of hydrogen-bond donors (Lipinski definition) is 1. The zero-order chi connectivity index (χ0) is 26.4. The fourth-order valence-corrected chi connectivity index (χ4v) is 4.44. The van der Waals surface area contributed by atoms with Gasteiger partial charge in [0.25, 0.3) is 0 Å². The molecule has 0 aromatic heterocycles. The second-order valence-corrected chi connectivity index (χ2v) is 11.8. The van der Waals surface area contributed by atoms with Gasteiger partial charge in [0.05, 0.1) is 5.69 Å². The van der Waals surface area contributed by atoms with Crippen molar-refractivity contribution in [1.82, 2.24) is 0 Å². The lowest BCUT2D eigenvalue weighted by Gasteiger charge is -2.24. The van der Waals surface area contributed by atoms with Gasteiger partial charge in [0.1, 0.15) is 0 Å². The molecular weight excluding hydrogens is 424 g/mol. The van der Waals surface area contributed by atoms with Gasteiger partial charge < -0.3 is 5.32 Å². The predicted molar refractivity (Wildman–Crippen MR) is 158 cm³/mol. The fraction of sp³-hybridized carbons (Fsp3) is 0.545. The van der Waals surface area contributed by atoms with Crippen LogP contribution in [-0.4, -0.2) is 5.71 Å². The van der Waals surface area contributed by atoms with Crippen LogP contribution >= 0.6 is 0 Å². The van der Waals surface area contributed by atoms with Crippen LogP contribution in [0.15, 0.2) is 53.2 Å². The lowest BCUT2D eigenvalue weighted by molar-refractivity contribution is 0.766. The second kappa shape index (κ2) is 12.6. The van der Waals surface area contributed by atoms with Crippen molar-refractivity contribution in [3.8, 4) is 0 Å². The maximum absolute atomic E-state index is 5.38. The molecular formula is C33H50N2. The highest BCUT2D eigenvalue weighted by Gasteiger charge is 2.18. The van der Waals surface area contributed by atoms with Crippen LogP contribution in [0.5, 0.6) is 0 Å². The number of anilines is 1. The van der Waals surface area contributed by atoms with Crippen LogP contribution in [0.3, 0.4) is 0 Å². The Balaban J connectivity index is 2.72. The zero-order valence-corrected chi connectivity index (χ0v) is 24.5. The van der Waals surface area contributed by atoms with Gasteiger partial charge in [-0.2, -0.15) is 0 Å². The van der Waals surface area contributed by atoms with E-state index < -0.39 is 0 Å². The molecule has 0 aliphatic heterocycles. The molecule has 2 nitrogen and oxygen atoms in total. The Kier molecular flexibility index (Phi) is 10.4. The minimum atomic E-state index is 0.315. The van der Waals surface area contributed by atoms with Crippen LogP contribution in [-0.2, 0) is 0 Å². The molecule has 0 atom stereocenters. The van der Waals surface area contributed by atoms with Crippen molar-refractivity contribution in [2.24, 2.45) is 16.8 Å². The molecule has 35 heavy (non-hydrogen) atoms. The Morgan fingerprint density at radius 1 is 0.600 bits per heavy atom. The van der Waals surface area contributed by atoms with E-state index in [1.165, 1.54) is 33.6 Å². The molecule has 0 saturated heterocycles. The van der Waals surface area contributed by atoms with E-state index in [9.17, 15) is 0 Å². The van der Waals surface area contributed by atoms with Crippen LogP contribution in [0.25, 0.3) is 0 Å².